The fourth-order valence-electron chi connectivity index (χ4n) is 1.47. The molecule has 0 aliphatic heterocycles. The van der Waals surface area contributed by atoms with Gasteiger partial charge in [0.15, 0.2) is 0 Å². The number of hydrogen-bond acceptors (Lipinski definition) is 1. The molecule has 0 radical (unpaired) electrons. The van der Waals surface area contributed by atoms with Crippen LogP contribution in [0.1, 0.15) is 0 Å². The summed E-state index contributed by atoms with van der Waals surface area (Å²) in [6.07, 6.45) is 0. The quantitative estimate of drug-likeness (QED) is 0.772. The molecule has 0 heterocycles. The molecule has 0 aromatic heterocycles. The molecule has 1 nitrogen and oxygen atoms in total. The summed E-state index contributed by atoms with van der Waals surface area (Å²) in [5.41, 5.74) is 2.00. The highest BCUT2D eigenvalue weighted by atomic mass is 35.5. The van der Waals surface area contributed by atoms with Crippen molar-refractivity contribution >= 4 is 11.6 Å². The number of rotatable bonds is 3. The van der Waals surface area contributed by atoms with E-state index in [1.807, 2.05) is 36.4 Å². The van der Waals surface area contributed by atoms with Crippen LogP contribution in [-0.4, -0.2) is 6.86 Å². The van der Waals surface area contributed by atoms with Gasteiger partial charge in [0, 0.05) is 5.02 Å². The molecule has 0 aliphatic rings. The first-order valence-electron chi connectivity index (χ1n) is 4.84. The van der Waals surface area contributed by atoms with Gasteiger partial charge in [-0.25, -0.2) is 4.39 Å². The lowest BCUT2D eigenvalue weighted by molar-refractivity contribution is 0.192. The van der Waals surface area contributed by atoms with Crippen molar-refractivity contribution in [2.75, 3.05) is 6.86 Å². The molecule has 0 amide bonds. The predicted molar refractivity (Wildman–Crippen MR) is 63.5 cm³/mol. The average molecular weight is 237 g/mol. The Bertz CT molecular complexity index is 468. The minimum atomic E-state index is -0.815. The third-order valence-corrected chi connectivity index (χ3v) is 2.48. The highest BCUT2D eigenvalue weighted by molar-refractivity contribution is 6.30. The summed E-state index contributed by atoms with van der Waals surface area (Å²) in [6, 6.07) is 14.7. The van der Waals surface area contributed by atoms with Crippen LogP contribution in [0.25, 0.3) is 11.1 Å². The van der Waals surface area contributed by atoms with E-state index in [4.69, 9.17) is 16.3 Å². The van der Waals surface area contributed by atoms with Gasteiger partial charge in [-0.3, -0.25) is 0 Å². The molecule has 0 unspecified atom stereocenters. The van der Waals surface area contributed by atoms with E-state index in [-0.39, 0.29) is 0 Å². The fraction of sp³-hybridized carbons (Fsp3) is 0.0769. The van der Waals surface area contributed by atoms with Gasteiger partial charge in [-0.15, -0.1) is 0 Å². The van der Waals surface area contributed by atoms with Crippen LogP contribution in [0, 0.1) is 0 Å². The highest BCUT2D eigenvalue weighted by Crippen LogP contribution is 2.25. The zero-order valence-electron chi connectivity index (χ0n) is 8.49. The van der Waals surface area contributed by atoms with Gasteiger partial charge in [0.25, 0.3) is 0 Å². The Balaban J connectivity index is 2.32. The van der Waals surface area contributed by atoms with Crippen molar-refractivity contribution < 1.29 is 9.13 Å². The van der Waals surface area contributed by atoms with Crippen molar-refractivity contribution in [1.82, 2.24) is 0 Å². The molecule has 0 bridgehead atoms. The molecule has 16 heavy (non-hydrogen) atoms. The van der Waals surface area contributed by atoms with E-state index >= 15 is 0 Å². The maximum atomic E-state index is 12.0. The first-order valence-corrected chi connectivity index (χ1v) is 5.22. The zero-order valence-corrected chi connectivity index (χ0v) is 9.25. The summed E-state index contributed by atoms with van der Waals surface area (Å²) in [4.78, 5) is 0. The van der Waals surface area contributed by atoms with Crippen molar-refractivity contribution in [3.8, 4) is 16.9 Å². The molecule has 2 rings (SSSR count). The molecule has 2 aromatic rings. The summed E-state index contributed by atoms with van der Waals surface area (Å²) >= 11 is 5.81. The summed E-state index contributed by atoms with van der Waals surface area (Å²) in [5.74, 6) is 0.523. The van der Waals surface area contributed by atoms with Crippen LogP contribution in [0.4, 0.5) is 4.39 Å². The molecular formula is C13H10ClFO. The summed E-state index contributed by atoms with van der Waals surface area (Å²) in [7, 11) is 0. The Morgan fingerprint density at radius 1 is 1.00 bits per heavy atom. The second kappa shape index (κ2) is 4.99. The van der Waals surface area contributed by atoms with Gasteiger partial charge in [0.1, 0.15) is 5.75 Å². The lowest BCUT2D eigenvalue weighted by Crippen LogP contribution is -1.89. The third kappa shape index (κ3) is 2.52. The Morgan fingerprint density at radius 3 is 2.44 bits per heavy atom. The first-order chi connectivity index (χ1) is 7.79. The van der Waals surface area contributed by atoms with Crippen LogP contribution >= 0.6 is 11.6 Å². The van der Waals surface area contributed by atoms with E-state index < -0.39 is 6.86 Å². The van der Waals surface area contributed by atoms with Crippen molar-refractivity contribution in [3.05, 3.63) is 53.6 Å². The number of ether oxygens (including phenoxy) is 1. The van der Waals surface area contributed by atoms with Crippen LogP contribution in [-0.2, 0) is 0 Å². The second-order valence-electron chi connectivity index (χ2n) is 3.29. The van der Waals surface area contributed by atoms with Gasteiger partial charge >= 0.3 is 0 Å². The predicted octanol–water partition coefficient (Wildman–Crippen LogP) is 4.31. The van der Waals surface area contributed by atoms with Crippen LogP contribution in [0.3, 0.4) is 0 Å². The maximum Gasteiger partial charge on any atom is 0.228 e. The lowest BCUT2D eigenvalue weighted by Gasteiger charge is -2.05. The fourth-order valence-corrected chi connectivity index (χ4v) is 1.60. The Morgan fingerprint density at radius 2 is 1.75 bits per heavy atom. The Kier molecular flexibility index (Phi) is 3.42. The maximum absolute atomic E-state index is 12.0. The van der Waals surface area contributed by atoms with E-state index in [9.17, 15) is 4.39 Å². The monoisotopic (exact) mass is 236 g/mol. The topological polar surface area (TPSA) is 9.23 Å². The molecule has 0 fully saturated rings. The van der Waals surface area contributed by atoms with Crippen molar-refractivity contribution in [3.63, 3.8) is 0 Å². The largest absolute Gasteiger partial charge is 0.463 e. The molecule has 0 spiro atoms. The minimum absolute atomic E-state index is 0.523. The van der Waals surface area contributed by atoms with E-state index in [0.717, 1.165) is 11.1 Å². The summed E-state index contributed by atoms with van der Waals surface area (Å²) in [5, 5.41) is 0.694. The number of benzene rings is 2. The summed E-state index contributed by atoms with van der Waals surface area (Å²) in [6.45, 7) is -0.815. The molecule has 0 N–H and O–H groups in total. The smallest absolute Gasteiger partial charge is 0.228 e. The van der Waals surface area contributed by atoms with Gasteiger partial charge in [0.2, 0.25) is 6.86 Å². The van der Waals surface area contributed by atoms with Crippen molar-refractivity contribution in [2.24, 2.45) is 0 Å². The van der Waals surface area contributed by atoms with Gasteiger partial charge in [-0.1, -0.05) is 35.9 Å². The molecule has 2 aromatic carbocycles. The normalized spacial score (nSPS) is 10.1. The molecule has 0 atom stereocenters. The van der Waals surface area contributed by atoms with E-state index in [1.54, 1.807) is 12.1 Å². The van der Waals surface area contributed by atoms with E-state index in [2.05, 4.69) is 0 Å². The van der Waals surface area contributed by atoms with E-state index in [1.165, 1.54) is 0 Å². The van der Waals surface area contributed by atoms with Crippen molar-refractivity contribution in [1.29, 1.82) is 0 Å². The van der Waals surface area contributed by atoms with Gasteiger partial charge in [-0.2, -0.15) is 0 Å². The van der Waals surface area contributed by atoms with Gasteiger partial charge < -0.3 is 4.74 Å². The molecule has 0 saturated heterocycles. The summed E-state index contributed by atoms with van der Waals surface area (Å²) < 4.78 is 16.8. The van der Waals surface area contributed by atoms with E-state index in [0.29, 0.717) is 10.8 Å². The van der Waals surface area contributed by atoms with Crippen LogP contribution in [0.5, 0.6) is 5.75 Å². The minimum Gasteiger partial charge on any atom is -0.463 e. The van der Waals surface area contributed by atoms with Crippen LogP contribution in [0.15, 0.2) is 48.5 Å². The molecule has 82 valence electrons. The van der Waals surface area contributed by atoms with Crippen LogP contribution < -0.4 is 4.74 Å². The molecule has 0 saturated carbocycles. The molecular weight excluding hydrogens is 227 g/mol. The molecule has 3 heteroatoms. The SMILES string of the molecule is FCOc1cccc(-c2ccc(Cl)cc2)c1. The average Bonchev–Trinajstić information content (AvgIpc) is 2.31. The first kappa shape index (κ1) is 11.0. The number of halogens is 2. The number of alkyl halides is 1. The van der Waals surface area contributed by atoms with Gasteiger partial charge in [-0.05, 0) is 35.4 Å². The highest BCUT2D eigenvalue weighted by Gasteiger charge is 1.99. The third-order valence-electron chi connectivity index (χ3n) is 2.23. The van der Waals surface area contributed by atoms with Crippen LogP contribution in [0.2, 0.25) is 5.02 Å². The lowest BCUT2D eigenvalue weighted by atomic mass is 10.1. The Hall–Kier alpha value is -1.54. The molecule has 0 aliphatic carbocycles. The van der Waals surface area contributed by atoms with Crippen molar-refractivity contribution in [2.45, 2.75) is 0 Å². The Labute approximate surface area is 98.4 Å². The second-order valence-corrected chi connectivity index (χ2v) is 3.72. The standard InChI is InChI=1S/C13H10ClFO/c14-12-6-4-10(5-7-12)11-2-1-3-13(8-11)16-9-15/h1-8H,9H2. The van der Waals surface area contributed by atoms with Gasteiger partial charge in [0.05, 0.1) is 0 Å². The number of hydrogen-bond donors (Lipinski definition) is 0. The zero-order chi connectivity index (χ0) is 11.4.